The lowest BCUT2D eigenvalue weighted by atomic mass is 9.87. The molecular weight excluding hydrogens is 292 g/mol. The van der Waals surface area contributed by atoms with Gasteiger partial charge in [-0.1, -0.05) is 113 Å². The molecule has 2 aromatic carbocycles. The Kier molecular flexibility index (Phi) is 5.20. The van der Waals surface area contributed by atoms with Crippen molar-refractivity contribution in [2.45, 2.75) is 65.0 Å². The van der Waals surface area contributed by atoms with Crippen molar-refractivity contribution in [2.75, 3.05) is 0 Å². The van der Waals surface area contributed by atoms with Crippen LogP contribution in [0.2, 0.25) is 11.1 Å². The third-order valence-electron chi connectivity index (χ3n) is 5.28. The van der Waals surface area contributed by atoms with Crippen molar-refractivity contribution in [3.05, 3.63) is 60.2 Å². The van der Waals surface area contributed by atoms with Gasteiger partial charge in [0, 0.05) is 0 Å². The molecule has 0 aliphatic carbocycles. The second-order valence-electron chi connectivity index (χ2n) is 8.38. The van der Waals surface area contributed by atoms with Gasteiger partial charge in [0.05, 0.1) is 0 Å². The lowest BCUT2D eigenvalue weighted by molar-refractivity contribution is 0.590. The molecule has 0 N–H and O–H groups in total. The Hall–Kier alpha value is -1.34. The minimum absolute atomic E-state index is 0.195. The molecule has 124 valence electrons. The van der Waals surface area contributed by atoms with Crippen LogP contribution in [0.25, 0.3) is 0 Å². The third kappa shape index (κ3) is 3.30. The Balaban J connectivity index is 2.73. The SMILES string of the molecule is CC(C)[Si](c1ccccc1)(c1cccc(C(C)(C)C)c1)C(C)C. The zero-order valence-electron chi connectivity index (χ0n) is 15.9. The lowest BCUT2D eigenvalue weighted by Crippen LogP contribution is -2.62. The summed E-state index contributed by atoms with van der Waals surface area (Å²) >= 11 is 0. The molecule has 0 aliphatic rings. The van der Waals surface area contributed by atoms with Gasteiger partial charge in [-0.15, -0.1) is 0 Å². The first kappa shape index (κ1) is 18.0. The fraction of sp³-hybridized carbons (Fsp3) is 0.455. The average Bonchev–Trinajstić information content (AvgIpc) is 2.48. The van der Waals surface area contributed by atoms with Crippen molar-refractivity contribution in [3.8, 4) is 0 Å². The first-order chi connectivity index (χ1) is 10.7. The summed E-state index contributed by atoms with van der Waals surface area (Å²) in [5, 5.41) is 3.15. The number of hydrogen-bond acceptors (Lipinski definition) is 0. The van der Waals surface area contributed by atoms with Crippen LogP contribution in [0.3, 0.4) is 0 Å². The number of benzene rings is 2. The molecule has 2 rings (SSSR count). The van der Waals surface area contributed by atoms with Crippen LogP contribution in [0, 0.1) is 0 Å². The van der Waals surface area contributed by atoms with Crippen molar-refractivity contribution >= 4 is 18.4 Å². The van der Waals surface area contributed by atoms with Crippen LogP contribution < -0.4 is 10.4 Å². The summed E-state index contributed by atoms with van der Waals surface area (Å²) in [5.41, 5.74) is 2.98. The van der Waals surface area contributed by atoms with E-state index in [9.17, 15) is 0 Å². The summed E-state index contributed by atoms with van der Waals surface area (Å²) in [6.45, 7) is 16.6. The molecule has 0 spiro atoms. The summed E-state index contributed by atoms with van der Waals surface area (Å²) in [7, 11) is -1.81. The van der Waals surface area contributed by atoms with Crippen molar-refractivity contribution in [2.24, 2.45) is 0 Å². The molecule has 2 aromatic rings. The van der Waals surface area contributed by atoms with E-state index in [1.165, 1.54) is 5.56 Å². The van der Waals surface area contributed by atoms with Crippen LogP contribution in [0.15, 0.2) is 54.6 Å². The Morgan fingerprint density at radius 2 is 1.22 bits per heavy atom. The Bertz CT molecular complexity index is 625. The zero-order chi connectivity index (χ0) is 17.3. The van der Waals surface area contributed by atoms with Gasteiger partial charge in [-0.25, -0.2) is 0 Å². The van der Waals surface area contributed by atoms with Crippen molar-refractivity contribution in [3.63, 3.8) is 0 Å². The Morgan fingerprint density at radius 1 is 0.696 bits per heavy atom. The molecule has 0 amide bonds. The fourth-order valence-electron chi connectivity index (χ4n) is 4.12. The molecule has 0 unspecified atom stereocenters. The smallest absolute Gasteiger partial charge is 0.0645 e. The van der Waals surface area contributed by atoms with E-state index < -0.39 is 8.07 Å². The fourth-order valence-corrected chi connectivity index (χ4v) is 9.97. The topological polar surface area (TPSA) is 0 Å². The summed E-state index contributed by atoms with van der Waals surface area (Å²) in [5.74, 6) is 0. The van der Waals surface area contributed by atoms with Crippen molar-refractivity contribution < 1.29 is 0 Å². The highest BCUT2D eigenvalue weighted by Gasteiger charge is 2.43. The maximum atomic E-state index is 2.50. The van der Waals surface area contributed by atoms with Gasteiger partial charge in [-0.3, -0.25) is 0 Å². The van der Waals surface area contributed by atoms with Crippen LogP contribution in [0.5, 0.6) is 0 Å². The van der Waals surface area contributed by atoms with E-state index in [0.717, 1.165) is 0 Å². The number of rotatable bonds is 4. The molecule has 0 radical (unpaired) electrons. The molecule has 0 bridgehead atoms. The second-order valence-corrected chi connectivity index (χ2v) is 13.6. The molecule has 1 heteroatoms. The van der Waals surface area contributed by atoms with Crippen LogP contribution in [-0.4, -0.2) is 8.07 Å². The predicted molar refractivity (Wildman–Crippen MR) is 107 cm³/mol. The average molecular weight is 325 g/mol. The van der Waals surface area contributed by atoms with Gasteiger partial charge in [0.25, 0.3) is 0 Å². The molecular formula is C22H32Si. The van der Waals surface area contributed by atoms with E-state index in [2.05, 4.69) is 103 Å². The van der Waals surface area contributed by atoms with Crippen LogP contribution >= 0.6 is 0 Å². The van der Waals surface area contributed by atoms with Gasteiger partial charge in [0.15, 0.2) is 0 Å². The monoisotopic (exact) mass is 324 g/mol. The first-order valence-corrected chi connectivity index (χ1v) is 11.0. The largest absolute Gasteiger partial charge is 0.123 e. The van der Waals surface area contributed by atoms with Crippen LogP contribution in [0.1, 0.15) is 54.0 Å². The van der Waals surface area contributed by atoms with E-state index in [1.54, 1.807) is 10.4 Å². The van der Waals surface area contributed by atoms with Gasteiger partial charge in [0.1, 0.15) is 8.07 Å². The molecule has 0 saturated heterocycles. The van der Waals surface area contributed by atoms with Gasteiger partial charge in [0.2, 0.25) is 0 Å². The van der Waals surface area contributed by atoms with Crippen molar-refractivity contribution in [1.29, 1.82) is 0 Å². The highest BCUT2D eigenvalue weighted by atomic mass is 28.3. The molecule has 0 nitrogen and oxygen atoms in total. The summed E-state index contributed by atoms with van der Waals surface area (Å²) in [6, 6.07) is 20.7. The Labute approximate surface area is 144 Å². The highest BCUT2D eigenvalue weighted by Crippen LogP contribution is 2.33. The Morgan fingerprint density at radius 3 is 1.70 bits per heavy atom. The molecule has 0 aromatic heterocycles. The quantitative estimate of drug-likeness (QED) is 0.664. The normalized spacial score (nSPS) is 12.9. The van der Waals surface area contributed by atoms with E-state index in [1.807, 2.05) is 0 Å². The molecule has 23 heavy (non-hydrogen) atoms. The van der Waals surface area contributed by atoms with Gasteiger partial charge in [-0.2, -0.15) is 0 Å². The standard InChI is InChI=1S/C22H32Si/c1-17(2)23(18(3)4,20-13-9-8-10-14-20)21-15-11-12-19(16-21)22(5,6)7/h8-18H,1-7H3. The lowest BCUT2D eigenvalue weighted by Gasteiger charge is -2.41. The highest BCUT2D eigenvalue weighted by molar-refractivity contribution is 7.04. The zero-order valence-corrected chi connectivity index (χ0v) is 16.9. The van der Waals surface area contributed by atoms with Gasteiger partial charge in [-0.05, 0) is 22.1 Å². The molecule has 0 atom stereocenters. The van der Waals surface area contributed by atoms with Crippen LogP contribution in [-0.2, 0) is 5.41 Å². The van der Waals surface area contributed by atoms with E-state index >= 15 is 0 Å². The van der Waals surface area contributed by atoms with Crippen LogP contribution in [0.4, 0.5) is 0 Å². The van der Waals surface area contributed by atoms with E-state index in [-0.39, 0.29) is 5.41 Å². The molecule has 0 fully saturated rings. The third-order valence-corrected chi connectivity index (χ3v) is 11.5. The summed E-state index contributed by atoms with van der Waals surface area (Å²) in [6.07, 6.45) is 0. The van der Waals surface area contributed by atoms with Crippen molar-refractivity contribution in [1.82, 2.24) is 0 Å². The minimum Gasteiger partial charge on any atom is -0.0645 e. The van der Waals surface area contributed by atoms with E-state index in [0.29, 0.717) is 11.1 Å². The first-order valence-electron chi connectivity index (χ1n) is 8.87. The maximum Gasteiger partial charge on any atom is 0.123 e. The second kappa shape index (κ2) is 6.65. The summed E-state index contributed by atoms with van der Waals surface area (Å²) in [4.78, 5) is 0. The summed E-state index contributed by atoms with van der Waals surface area (Å²) < 4.78 is 0. The van der Waals surface area contributed by atoms with E-state index in [4.69, 9.17) is 0 Å². The van der Waals surface area contributed by atoms with Gasteiger partial charge >= 0.3 is 0 Å². The molecule has 0 aliphatic heterocycles. The predicted octanol–water partition coefficient (Wildman–Crippen LogP) is 5.37. The minimum atomic E-state index is -1.81. The van der Waals surface area contributed by atoms with Gasteiger partial charge < -0.3 is 0 Å². The maximum absolute atomic E-state index is 2.50. The molecule has 0 saturated carbocycles. The number of hydrogen-bond donors (Lipinski definition) is 0. The molecule has 0 heterocycles.